The van der Waals surface area contributed by atoms with Gasteiger partial charge in [-0.3, -0.25) is 4.98 Å². The van der Waals surface area contributed by atoms with Gasteiger partial charge in [0.05, 0.1) is 41.7 Å². The maximum atomic E-state index is 6.25. The summed E-state index contributed by atoms with van der Waals surface area (Å²) in [4.78, 5) is 11.8. The van der Waals surface area contributed by atoms with Crippen molar-refractivity contribution in [1.82, 2.24) is 24.8 Å². The van der Waals surface area contributed by atoms with E-state index in [1.54, 1.807) is 0 Å². The van der Waals surface area contributed by atoms with Gasteiger partial charge in [-0.05, 0) is 70.6 Å². The Bertz CT molecular complexity index is 1290. The van der Waals surface area contributed by atoms with Crippen molar-refractivity contribution < 1.29 is 9.47 Å². The Kier molecular flexibility index (Phi) is 9.33. The van der Waals surface area contributed by atoms with E-state index in [9.17, 15) is 0 Å². The average Bonchev–Trinajstić information content (AvgIpc) is 3.48. The van der Waals surface area contributed by atoms with E-state index in [2.05, 4.69) is 118 Å². The van der Waals surface area contributed by atoms with Gasteiger partial charge in [0, 0.05) is 36.3 Å². The van der Waals surface area contributed by atoms with Gasteiger partial charge in [-0.15, -0.1) is 0 Å². The summed E-state index contributed by atoms with van der Waals surface area (Å²) in [5, 5.41) is 3.59. The molecule has 2 atom stereocenters. The van der Waals surface area contributed by atoms with Crippen molar-refractivity contribution >= 4 is 15.7 Å². The Hall–Kier alpha value is -2.81. The molecule has 1 unspecified atom stereocenters. The summed E-state index contributed by atoms with van der Waals surface area (Å²) in [5.74, 6) is 1.93. The van der Waals surface area contributed by atoms with Crippen LogP contribution in [0.3, 0.4) is 0 Å². The number of hydrogen-bond acceptors (Lipinski definition) is 6. The highest BCUT2D eigenvalue weighted by Gasteiger charge is 2.23. The van der Waals surface area contributed by atoms with Gasteiger partial charge >= 0.3 is 0 Å². The van der Waals surface area contributed by atoms with Crippen molar-refractivity contribution in [2.75, 3.05) is 38.2 Å². The largest absolute Gasteiger partial charge is 0.365 e. The highest BCUT2D eigenvalue weighted by molar-refractivity contribution is 8.32. The van der Waals surface area contributed by atoms with E-state index in [4.69, 9.17) is 19.4 Å². The molecule has 4 rings (SSSR count). The Morgan fingerprint density at radius 3 is 2.23 bits per heavy atom. The molecule has 40 heavy (non-hydrogen) atoms. The Morgan fingerprint density at radius 2 is 1.65 bits per heavy atom. The van der Waals surface area contributed by atoms with Crippen LogP contribution < -0.4 is 5.32 Å². The second kappa shape index (κ2) is 12.4. The lowest BCUT2D eigenvalue weighted by atomic mass is 10.1. The van der Waals surface area contributed by atoms with Gasteiger partial charge in [0.2, 0.25) is 0 Å². The standard InChI is InChI=1S/C32H47N5O2S/c1-10-30-35-28(21-36(30)6)25-13-11-24(12-14-25)27-16-15-26(19-33-27)29-20-34-31(23(2)39-32(3,4)5)37(29)22-38-17-18-40(7,8)9/h11-16,19-21,23,30,35H,10,17-18,22H2,1-9H3/t23-,30?/m0/s1. The first-order valence-electron chi connectivity index (χ1n) is 14.1. The molecule has 1 N–H and O–H groups in total. The summed E-state index contributed by atoms with van der Waals surface area (Å²) < 4.78 is 14.5. The second-order valence-corrected chi connectivity index (χ2v) is 17.0. The third-order valence-corrected chi connectivity index (χ3v) is 8.32. The zero-order valence-corrected chi connectivity index (χ0v) is 26.5. The van der Waals surface area contributed by atoms with Crippen LogP contribution in [-0.2, 0) is 16.2 Å². The van der Waals surface area contributed by atoms with E-state index in [1.165, 1.54) is 5.56 Å². The number of nitrogens with zero attached hydrogens (tertiary/aromatic N) is 4. The van der Waals surface area contributed by atoms with Crippen LogP contribution in [0.5, 0.6) is 0 Å². The van der Waals surface area contributed by atoms with E-state index in [0.29, 0.717) is 12.9 Å². The fourth-order valence-corrected chi connectivity index (χ4v) is 5.44. The van der Waals surface area contributed by atoms with Crippen LogP contribution in [0, 0.1) is 0 Å². The molecule has 218 valence electrons. The lowest BCUT2D eigenvalue weighted by molar-refractivity contribution is -0.0601. The summed E-state index contributed by atoms with van der Waals surface area (Å²) >= 11 is 0. The number of nitrogens with one attached hydrogen (secondary N) is 1. The summed E-state index contributed by atoms with van der Waals surface area (Å²) in [7, 11) is 1.49. The first-order valence-corrected chi connectivity index (χ1v) is 17.1. The van der Waals surface area contributed by atoms with Crippen molar-refractivity contribution in [3.63, 3.8) is 0 Å². The topological polar surface area (TPSA) is 64.4 Å². The summed E-state index contributed by atoms with van der Waals surface area (Å²) in [5.41, 5.74) is 6.06. The second-order valence-electron chi connectivity index (χ2n) is 12.4. The van der Waals surface area contributed by atoms with Crippen LogP contribution in [0.25, 0.3) is 28.2 Å². The van der Waals surface area contributed by atoms with Gasteiger partial charge in [-0.1, -0.05) is 31.2 Å². The molecule has 1 aliphatic rings. The van der Waals surface area contributed by atoms with Crippen molar-refractivity contribution in [2.45, 2.75) is 65.6 Å². The van der Waals surface area contributed by atoms with Gasteiger partial charge in [0.1, 0.15) is 18.7 Å². The molecular formula is C32H47N5O2S. The molecule has 1 aromatic carbocycles. The number of benzene rings is 1. The fraction of sp³-hybridized carbons (Fsp3) is 0.500. The minimum atomic E-state index is -0.616. The molecule has 0 fully saturated rings. The molecule has 2 aromatic heterocycles. The number of aromatic nitrogens is 3. The lowest BCUT2D eigenvalue weighted by Gasteiger charge is -2.26. The van der Waals surface area contributed by atoms with Crippen LogP contribution in [0.2, 0.25) is 0 Å². The van der Waals surface area contributed by atoms with E-state index >= 15 is 0 Å². The van der Waals surface area contributed by atoms with E-state index in [-0.39, 0.29) is 11.7 Å². The molecule has 0 saturated heterocycles. The fourth-order valence-electron chi connectivity index (χ4n) is 4.83. The minimum Gasteiger partial charge on any atom is -0.365 e. The molecule has 0 saturated carbocycles. The first kappa shape index (κ1) is 30.2. The third kappa shape index (κ3) is 7.68. The van der Waals surface area contributed by atoms with E-state index in [1.807, 2.05) is 12.4 Å². The van der Waals surface area contributed by atoms with Crippen molar-refractivity contribution in [3.8, 4) is 22.5 Å². The maximum Gasteiger partial charge on any atom is 0.140 e. The molecule has 3 aromatic rings. The molecule has 0 spiro atoms. The summed E-state index contributed by atoms with van der Waals surface area (Å²) in [6, 6.07) is 12.8. The summed E-state index contributed by atoms with van der Waals surface area (Å²) in [6.07, 6.45) is 14.2. The molecular weight excluding hydrogens is 518 g/mol. The Labute approximate surface area is 242 Å². The summed E-state index contributed by atoms with van der Waals surface area (Å²) in [6.45, 7) is 11.6. The minimum absolute atomic E-state index is 0.173. The van der Waals surface area contributed by atoms with Crippen LogP contribution in [0.1, 0.15) is 58.5 Å². The SMILES string of the molecule is CCC1NC(c2ccc(-c3ccc(-c4cnc([C@H](C)OC(C)(C)C)n4COCCS(C)(C)C)cn3)cc2)=CN1C. The Morgan fingerprint density at radius 1 is 0.975 bits per heavy atom. The van der Waals surface area contributed by atoms with Gasteiger partial charge in [-0.2, -0.15) is 0 Å². The zero-order valence-electron chi connectivity index (χ0n) is 25.7. The lowest BCUT2D eigenvalue weighted by Crippen LogP contribution is -2.32. The predicted molar refractivity (Wildman–Crippen MR) is 169 cm³/mol. The molecule has 1 aliphatic heterocycles. The number of ether oxygens (including phenoxy) is 2. The van der Waals surface area contributed by atoms with E-state index < -0.39 is 10.0 Å². The van der Waals surface area contributed by atoms with Crippen LogP contribution in [0.4, 0.5) is 0 Å². The van der Waals surface area contributed by atoms with Gasteiger partial charge < -0.3 is 24.3 Å². The van der Waals surface area contributed by atoms with Crippen molar-refractivity contribution in [1.29, 1.82) is 0 Å². The number of hydrogen-bond donors (Lipinski definition) is 1. The third-order valence-electron chi connectivity index (χ3n) is 6.92. The van der Waals surface area contributed by atoms with Crippen molar-refractivity contribution in [2.24, 2.45) is 0 Å². The van der Waals surface area contributed by atoms with E-state index in [0.717, 1.165) is 52.8 Å². The molecule has 8 heteroatoms. The molecule has 3 heterocycles. The first-order chi connectivity index (χ1) is 18.8. The van der Waals surface area contributed by atoms with Gasteiger partial charge in [-0.25, -0.2) is 15.0 Å². The van der Waals surface area contributed by atoms with Crippen molar-refractivity contribution in [3.05, 3.63) is 66.4 Å². The van der Waals surface area contributed by atoms with Crippen LogP contribution >= 0.6 is 10.0 Å². The molecule has 7 nitrogen and oxygen atoms in total. The molecule has 0 radical (unpaired) electrons. The Balaban J connectivity index is 1.53. The molecule has 0 amide bonds. The highest BCUT2D eigenvalue weighted by Crippen LogP contribution is 2.34. The molecule has 0 bridgehead atoms. The van der Waals surface area contributed by atoms with Gasteiger partial charge in [0.25, 0.3) is 0 Å². The van der Waals surface area contributed by atoms with Gasteiger partial charge in [0.15, 0.2) is 0 Å². The number of imidazole rings is 1. The maximum absolute atomic E-state index is 6.25. The highest BCUT2D eigenvalue weighted by atomic mass is 32.3. The smallest absolute Gasteiger partial charge is 0.140 e. The van der Waals surface area contributed by atoms with Crippen LogP contribution in [0.15, 0.2) is 55.0 Å². The monoisotopic (exact) mass is 565 g/mol. The quantitative estimate of drug-likeness (QED) is 0.260. The normalized spacial score (nSPS) is 17.1. The number of rotatable bonds is 11. The predicted octanol–water partition coefficient (Wildman–Crippen LogP) is 6.73. The average molecular weight is 566 g/mol. The van der Waals surface area contributed by atoms with Crippen LogP contribution in [-0.4, -0.2) is 69.4 Å². The molecule has 0 aliphatic carbocycles. The number of pyridine rings is 1. The zero-order chi connectivity index (χ0) is 29.1.